The third-order valence-corrected chi connectivity index (χ3v) is 5.45. The smallest absolute Gasteiger partial charge is 0.170 e. The topological polar surface area (TPSA) is 33.7 Å². The van der Waals surface area contributed by atoms with Crippen LogP contribution in [0.4, 0.5) is 0 Å². The number of hydrogen-bond acceptors (Lipinski definition) is 4. The van der Waals surface area contributed by atoms with E-state index in [0.29, 0.717) is 12.1 Å². The fourth-order valence-electron chi connectivity index (χ4n) is 4.37. The molecule has 3 unspecified atom stereocenters. The van der Waals surface area contributed by atoms with E-state index in [2.05, 4.69) is 24.1 Å². The fraction of sp³-hybridized carbons (Fsp3) is 1.00. The van der Waals surface area contributed by atoms with Gasteiger partial charge in [0.2, 0.25) is 0 Å². The van der Waals surface area contributed by atoms with E-state index in [1.54, 1.807) is 0 Å². The van der Waals surface area contributed by atoms with Crippen LogP contribution in [0.5, 0.6) is 0 Å². The highest BCUT2D eigenvalue weighted by molar-refractivity contribution is 4.97. The zero-order chi connectivity index (χ0) is 14.7. The van der Waals surface area contributed by atoms with Crippen LogP contribution in [-0.4, -0.2) is 55.6 Å². The molecular weight excluding hydrogens is 264 g/mol. The van der Waals surface area contributed by atoms with Gasteiger partial charge in [0.15, 0.2) is 5.79 Å². The van der Waals surface area contributed by atoms with Gasteiger partial charge in [-0.1, -0.05) is 13.8 Å². The third kappa shape index (κ3) is 3.61. The van der Waals surface area contributed by atoms with Gasteiger partial charge < -0.3 is 14.8 Å². The maximum absolute atomic E-state index is 6.01. The van der Waals surface area contributed by atoms with Crippen LogP contribution in [0.25, 0.3) is 0 Å². The van der Waals surface area contributed by atoms with E-state index in [1.165, 1.54) is 38.8 Å². The van der Waals surface area contributed by atoms with Crippen molar-refractivity contribution in [2.45, 2.75) is 70.2 Å². The number of likely N-dealkylation sites (tertiary alicyclic amines) is 1. The van der Waals surface area contributed by atoms with E-state index in [0.717, 1.165) is 38.5 Å². The van der Waals surface area contributed by atoms with Crippen LogP contribution < -0.4 is 5.32 Å². The molecule has 0 aromatic heterocycles. The summed E-state index contributed by atoms with van der Waals surface area (Å²) in [5.41, 5.74) is 0. The first-order chi connectivity index (χ1) is 10.2. The predicted molar refractivity (Wildman–Crippen MR) is 84.3 cm³/mol. The van der Waals surface area contributed by atoms with Crippen molar-refractivity contribution < 1.29 is 9.47 Å². The molecular formula is C17H32N2O2. The van der Waals surface area contributed by atoms with Gasteiger partial charge in [-0.3, -0.25) is 4.90 Å². The van der Waals surface area contributed by atoms with Crippen molar-refractivity contribution in [2.24, 2.45) is 5.92 Å². The Morgan fingerprint density at radius 2 is 2.05 bits per heavy atom. The Morgan fingerprint density at radius 3 is 2.76 bits per heavy atom. The average Bonchev–Trinajstić information content (AvgIpc) is 2.94. The summed E-state index contributed by atoms with van der Waals surface area (Å²) in [7, 11) is 0. The minimum Gasteiger partial charge on any atom is -0.347 e. The lowest BCUT2D eigenvalue weighted by Gasteiger charge is -2.48. The molecule has 1 aliphatic carbocycles. The molecule has 122 valence electrons. The summed E-state index contributed by atoms with van der Waals surface area (Å²) >= 11 is 0. The highest BCUT2D eigenvalue weighted by Crippen LogP contribution is 2.38. The van der Waals surface area contributed by atoms with Crippen molar-refractivity contribution in [3.05, 3.63) is 0 Å². The summed E-state index contributed by atoms with van der Waals surface area (Å²) in [6.45, 7) is 9.80. The lowest BCUT2D eigenvalue weighted by atomic mass is 9.83. The van der Waals surface area contributed by atoms with Crippen LogP contribution in [0.1, 0.15) is 52.4 Å². The molecule has 0 aromatic rings. The van der Waals surface area contributed by atoms with Crippen LogP contribution >= 0.6 is 0 Å². The number of ether oxygens (including phenoxy) is 2. The van der Waals surface area contributed by atoms with Crippen molar-refractivity contribution in [1.82, 2.24) is 10.2 Å². The molecule has 3 atom stereocenters. The first kappa shape index (κ1) is 15.7. The SMILES string of the molecule is CCCNC1CCC2(CC1N1CCCC(C)C1)OCCO2. The first-order valence-electron chi connectivity index (χ1n) is 8.98. The summed E-state index contributed by atoms with van der Waals surface area (Å²) in [6.07, 6.45) is 7.20. The zero-order valence-electron chi connectivity index (χ0n) is 13.8. The second-order valence-electron chi connectivity index (χ2n) is 7.22. The predicted octanol–water partition coefficient (Wildman–Crippen LogP) is 2.38. The van der Waals surface area contributed by atoms with E-state index in [1.807, 2.05) is 0 Å². The van der Waals surface area contributed by atoms with Crippen LogP contribution in [0, 0.1) is 5.92 Å². The van der Waals surface area contributed by atoms with Crippen molar-refractivity contribution >= 4 is 0 Å². The first-order valence-corrected chi connectivity index (χ1v) is 8.98. The Balaban J connectivity index is 1.69. The molecule has 1 N–H and O–H groups in total. The molecule has 1 spiro atoms. The van der Waals surface area contributed by atoms with Gasteiger partial charge >= 0.3 is 0 Å². The lowest BCUT2D eigenvalue weighted by molar-refractivity contribution is -0.194. The molecule has 3 fully saturated rings. The number of nitrogens with one attached hydrogen (secondary N) is 1. The quantitative estimate of drug-likeness (QED) is 0.863. The summed E-state index contributed by atoms with van der Waals surface area (Å²) in [5.74, 6) is 0.560. The van der Waals surface area contributed by atoms with Gasteiger partial charge in [0.25, 0.3) is 0 Å². The minimum absolute atomic E-state index is 0.268. The third-order valence-electron chi connectivity index (χ3n) is 5.45. The monoisotopic (exact) mass is 296 g/mol. The molecule has 4 heteroatoms. The Bertz CT molecular complexity index is 331. The summed E-state index contributed by atoms with van der Waals surface area (Å²) in [5, 5.41) is 3.79. The second kappa shape index (κ2) is 6.95. The van der Waals surface area contributed by atoms with Crippen LogP contribution in [-0.2, 0) is 9.47 Å². The van der Waals surface area contributed by atoms with Gasteiger partial charge in [-0.25, -0.2) is 0 Å². The lowest BCUT2D eigenvalue weighted by Crippen LogP contribution is -2.59. The Morgan fingerprint density at radius 1 is 1.24 bits per heavy atom. The van der Waals surface area contributed by atoms with E-state index < -0.39 is 0 Å². The van der Waals surface area contributed by atoms with Crippen LogP contribution in [0.2, 0.25) is 0 Å². The molecule has 0 amide bonds. The van der Waals surface area contributed by atoms with Crippen molar-refractivity contribution in [2.75, 3.05) is 32.8 Å². The number of piperidine rings is 1. The maximum Gasteiger partial charge on any atom is 0.170 e. The summed E-state index contributed by atoms with van der Waals surface area (Å²) in [6, 6.07) is 1.18. The van der Waals surface area contributed by atoms with E-state index in [-0.39, 0.29) is 5.79 Å². The summed E-state index contributed by atoms with van der Waals surface area (Å²) in [4.78, 5) is 2.72. The molecule has 2 aliphatic heterocycles. The molecule has 21 heavy (non-hydrogen) atoms. The van der Waals surface area contributed by atoms with E-state index in [9.17, 15) is 0 Å². The Kier molecular flexibility index (Phi) is 5.20. The standard InChI is InChI=1S/C17H32N2O2/c1-3-8-18-15-6-7-17(20-10-11-21-17)12-16(15)19-9-4-5-14(2)13-19/h14-16,18H,3-13H2,1-2H3. The average molecular weight is 296 g/mol. The van der Waals surface area contributed by atoms with Gasteiger partial charge in [0.05, 0.1) is 13.2 Å². The maximum atomic E-state index is 6.01. The highest BCUT2D eigenvalue weighted by Gasteiger charge is 2.47. The second-order valence-corrected chi connectivity index (χ2v) is 7.22. The Hall–Kier alpha value is -0.160. The molecule has 2 saturated heterocycles. The van der Waals surface area contributed by atoms with E-state index in [4.69, 9.17) is 9.47 Å². The number of rotatable bonds is 4. The molecule has 2 heterocycles. The molecule has 0 bridgehead atoms. The minimum atomic E-state index is -0.268. The van der Waals surface area contributed by atoms with Crippen molar-refractivity contribution in [3.63, 3.8) is 0 Å². The van der Waals surface area contributed by atoms with Crippen molar-refractivity contribution in [3.8, 4) is 0 Å². The van der Waals surface area contributed by atoms with Crippen LogP contribution in [0.15, 0.2) is 0 Å². The van der Waals surface area contributed by atoms with Gasteiger partial charge in [-0.2, -0.15) is 0 Å². The molecule has 1 saturated carbocycles. The molecule has 3 rings (SSSR count). The van der Waals surface area contributed by atoms with Gasteiger partial charge in [0, 0.05) is 31.5 Å². The van der Waals surface area contributed by atoms with Gasteiger partial charge in [0.1, 0.15) is 0 Å². The number of nitrogens with zero attached hydrogens (tertiary/aromatic N) is 1. The zero-order valence-corrected chi connectivity index (χ0v) is 13.8. The normalized spacial score (nSPS) is 37.1. The number of hydrogen-bond donors (Lipinski definition) is 1. The molecule has 0 aromatic carbocycles. The molecule has 3 aliphatic rings. The van der Waals surface area contributed by atoms with Crippen molar-refractivity contribution in [1.29, 1.82) is 0 Å². The van der Waals surface area contributed by atoms with Crippen LogP contribution in [0.3, 0.4) is 0 Å². The molecule has 0 radical (unpaired) electrons. The van der Waals surface area contributed by atoms with Gasteiger partial charge in [-0.05, 0) is 44.7 Å². The van der Waals surface area contributed by atoms with E-state index >= 15 is 0 Å². The highest BCUT2D eigenvalue weighted by atomic mass is 16.7. The van der Waals surface area contributed by atoms with Gasteiger partial charge in [-0.15, -0.1) is 0 Å². The molecule has 4 nitrogen and oxygen atoms in total. The summed E-state index contributed by atoms with van der Waals surface area (Å²) < 4.78 is 12.0. The Labute approximate surface area is 129 Å². The fourth-order valence-corrected chi connectivity index (χ4v) is 4.37. The largest absolute Gasteiger partial charge is 0.347 e.